The summed E-state index contributed by atoms with van der Waals surface area (Å²) in [5.41, 5.74) is 0. The molecule has 1 aliphatic rings. The third-order valence-corrected chi connectivity index (χ3v) is 1.91. The number of carboxylic acids is 1. The van der Waals surface area contributed by atoms with Crippen LogP contribution in [0.15, 0.2) is 4.52 Å². The maximum absolute atomic E-state index is 10.4. The Morgan fingerprint density at radius 3 is 3.00 bits per heavy atom. The van der Waals surface area contributed by atoms with Crippen molar-refractivity contribution in [2.75, 3.05) is 0 Å². The average Bonchev–Trinajstić information content (AvgIpc) is 2.73. The summed E-state index contributed by atoms with van der Waals surface area (Å²) in [5.74, 6) is -1.47. The highest BCUT2D eigenvalue weighted by molar-refractivity contribution is 5.82. The summed E-state index contributed by atoms with van der Waals surface area (Å²) in [6.07, 6.45) is 0.678. The number of hydrogen-bond donors (Lipinski definition) is 1. The zero-order chi connectivity index (χ0) is 9.42. The standard InChI is InChI=1S/C7H5N3O3/c8-2-3-1-4(3)6-9-5(7(11)12)10-13-6/h3-4H,1H2,(H,11,12). The van der Waals surface area contributed by atoms with E-state index in [-0.39, 0.29) is 23.6 Å². The second kappa shape index (κ2) is 2.55. The first-order chi connectivity index (χ1) is 6.22. The molecule has 0 aliphatic heterocycles. The number of nitriles is 1. The van der Waals surface area contributed by atoms with Crippen molar-refractivity contribution in [2.45, 2.75) is 12.3 Å². The molecule has 0 radical (unpaired) electrons. The Morgan fingerprint density at radius 1 is 1.77 bits per heavy atom. The van der Waals surface area contributed by atoms with Crippen molar-refractivity contribution >= 4 is 5.97 Å². The Hall–Kier alpha value is -1.90. The van der Waals surface area contributed by atoms with Crippen LogP contribution in [0.25, 0.3) is 0 Å². The largest absolute Gasteiger partial charge is 0.475 e. The molecule has 0 bridgehead atoms. The van der Waals surface area contributed by atoms with E-state index >= 15 is 0 Å². The van der Waals surface area contributed by atoms with Crippen molar-refractivity contribution in [1.82, 2.24) is 10.1 Å². The van der Waals surface area contributed by atoms with Gasteiger partial charge in [-0.25, -0.2) is 4.79 Å². The van der Waals surface area contributed by atoms with Gasteiger partial charge in [-0.3, -0.25) is 0 Å². The Balaban J connectivity index is 2.16. The Bertz CT molecular complexity index is 392. The third kappa shape index (κ3) is 1.24. The maximum atomic E-state index is 10.4. The molecule has 1 fully saturated rings. The van der Waals surface area contributed by atoms with Crippen LogP contribution < -0.4 is 0 Å². The predicted octanol–water partition coefficient (Wildman–Crippen LogP) is 0.395. The third-order valence-electron chi connectivity index (χ3n) is 1.91. The highest BCUT2D eigenvalue weighted by Gasteiger charge is 2.43. The van der Waals surface area contributed by atoms with Crippen molar-refractivity contribution in [3.05, 3.63) is 11.7 Å². The molecule has 2 unspecified atom stereocenters. The van der Waals surface area contributed by atoms with Gasteiger partial charge >= 0.3 is 5.97 Å². The molecule has 1 aromatic heterocycles. The van der Waals surface area contributed by atoms with E-state index in [0.29, 0.717) is 6.42 Å². The second-order valence-corrected chi connectivity index (χ2v) is 2.84. The molecular formula is C7H5N3O3. The molecule has 2 rings (SSSR count). The summed E-state index contributed by atoms with van der Waals surface area (Å²) in [6, 6.07) is 2.05. The smallest absolute Gasteiger partial charge is 0.377 e. The zero-order valence-electron chi connectivity index (χ0n) is 6.47. The van der Waals surface area contributed by atoms with Crippen LogP contribution in [0.5, 0.6) is 0 Å². The molecule has 0 spiro atoms. The molecule has 0 saturated heterocycles. The van der Waals surface area contributed by atoms with E-state index in [1.807, 2.05) is 0 Å². The summed E-state index contributed by atoms with van der Waals surface area (Å²) >= 11 is 0. The number of carbonyl (C=O) groups is 1. The Kier molecular flexibility index (Phi) is 1.52. The van der Waals surface area contributed by atoms with Gasteiger partial charge in [-0.1, -0.05) is 0 Å². The van der Waals surface area contributed by atoms with Crippen molar-refractivity contribution in [1.29, 1.82) is 5.26 Å². The van der Waals surface area contributed by atoms with Gasteiger partial charge in [0.25, 0.3) is 5.82 Å². The molecule has 6 heteroatoms. The van der Waals surface area contributed by atoms with Gasteiger partial charge in [-0.05, 0) is 11.6 Å². The topological polar surface area (TPSA) is 100 Å². The summed E-state index contributed by atoms with van der Waals surface area (Å²) < 4.78 is 4.69. The molecule has 13 heavy (non-hydrogen) atoms. The van der Waals surface area contributed by atoms with E-state index in [9.17, 15) is 4.79 Å². The van der Waals surface area contributed by atoms with Gasteiger partial charge in [0.05, 0.1) is 17.9 Å². The molecule has 1 saturated carbocycles. The molecule has 1 heterocycles. The molecule has 1 N–H and O–H groups in total. The van der Waals surface area contributed by atoms with Crippen molar-refractivity contribution < 1.29 is 14.4 Å². The Labute approximate surface area is 72.8 Å². The normalized spacial score (nSPS) is 25.2. The van der Waals surface area contributed by atoms with Gasteiger partial charge in [0, 0.05) is 0 Å². The number of nitrogens with zero attached hydrogens (tertiary/aromatic N) is 3. The minimum absolute atomic E-state index is 0.0643. The fourth-order valence-electron chi connectivity index (χ4n) is 1.08. The highest BCUT2D eigenvalue weighted by Crippen LogP contribution is 2.45. The van der Waals surface area contributed by atoms with Gasteiger partial charge in [0.1, 0.15) is 0 Å². The van der Waals surface area contributed by atoms with Crippen LogP contribution in [0, 0.1) is 17.2 Å². The van der Waals surface area contributed by atoms with Crippen molar-refractivity contribution in [3.63, 3.8) is 0 Å². The van der Waals surface area contributed by atoms with Gasteiger partial charge in [-0.15, -0.1) is 0 Å². The minimum Gasteiger partial charge on any atom is -0.475 e. The van der Waals surface area contributed by atoms with E-state index < -0.39 is 5.97 Å². The lowest BCUT2D eigenvalue weighted by Gasteiger charge is -1.81. The van der Waals surface area contributed by atoms with Gasteiger partial charge < -0.3 is 9.63 Å². The molecule has 1 aliphatic carbocycles. The van der Waals surface area contributed by atoms with Crippen LogP contribution in [0.4, 0.5) is 0 Å². The second-order valence-electron chi connectivity index (χ2n) is 2.84. The van der Waals surface area contributed by atoms with Crippen LogP contribution in [0.2, 0.25) is 0 Å². The average molecular weight is 179 g/mol. The van der Waals surface area contributed by atoms with E-state index in [0.717, 1.165) is 0 Å². The van der Waals surface area contributed by atoms with E-state index in [4.69, 9.17) is 10.4 Å². The monoisotopic (exact) mass is 179 g/mol. The summed E-state index contributed by atoms with van der Waals surface area (Å²) in [6.45, 7) is 0. The minimum atomic E-state index is -1.22. The van der Waals surface area contributed by atoms with Crippen molar-refractivity contribution in [2.24, 2.45) is 5.92 Å². The number of rotatable bonds is 2. The molecule has 0 amide bonds. The van der Waals surface area contributed by atoms with Crippen LogP contribution in [0.3, 0.4) is 0 Å². The molecule has 2 atom stereocenters. The first-order valence-electron chi connectivity index (χ1n) is 3.69. The Morgan fingerprint density at radius 2 is 2.54 bits per heavy atom. The van der Waals surface area contributed by atoms with Crippen LogP contribution in [-0.4, -0.2) is 21.2 Å². The van der Waals surface area contributed by atoms with E-state index in [1.165, 1.54) is 0 Å². The lowest BCUT2D eigenvalue weighted by Crippen LogP contribution is -1.98. The summed E-state index contributed by atoms with van der Waals surface area (Å²) in [4.78, 5) is 14.0. The summed E-state index contributed by atoms with van der Waals surface area (Å²) in [5, 5.41) is 20.2. The maximum Gasteiger partial charge on any atom is 0.377 e. The van der Waals surface area contributed by atoms with Gasteiger partial charge in [-0.2, -0.15) is 10.2 Å². The number of carboxylic acid groups (broad SMARTS) is 1. The van der Waals surface area contributed by atoms with Crippen LogP contribution in [-0.2, 0) is 0 Å². The molecule has 1 aromatic rings. The van der Waals surface area contributed by atoms with Crippen molar-refractivity contribution in [3.8, 4) is 6.07 Å². The quantitative estimate of drug-likeness (QED) is 0.704. The number of aromatic carboxylic acids is 1. The SMILES string of the molecule is N#CC1CC1c1nc(C(=O)O)no1. The van der Waals surface area contributed by atoms with E-state index in [1.54, 1.807) is 0 Å². The first-order valence-corrected chi connectivity index (χ1v) is 3.69. The fourth-order valence-corrected chi connectivity index (χ4v) is 1.08. The summed E-state index contributed by atoms with van der Waals surface area (Å²) in [7, 11) is 0. The molecule has 6 nitrogen and oxygen atoms in total. The molecular weight excluding hydrogens is 174 g/mol. The fraction of sp³-hybridized carbons (Fsp3) is 0.429. The van der Waals surface area contributed by atoms with E-state index in [2.05, 4.69) is 20.7 Å². The highest BCUT2D eigenvalue weighted by atomic mass is 16.5. The number of hydrogen-bond acceptors (Lipinski definition) is 5. The lowest BCUT2D eigenvalue weighted by atomic mass is 10.3. The lowest BCUT2D eigenvalue weighted by molar-refractivity contribution is 0.0680. The van der Waals surface area contributed by atoms with Gasteiger partial charge in [0.2, 0.25) is 5.89 Å². The zero-order valence-corrected chi connectivity index (χ0v) is 6.47. The number of aromatic nitrogens is 2. The van der Waals surface area contributed by atoms with Gasteiger partial charge in [0.15, 0.2) is 0 Å². The predicted molar refractivity (Wildman–Crippen MR) is 37.7 cm³/mol. The van der Waals surface area contributed by atoms with Crippen LogP contribution >= 0.6 is 0 Å². The molecule has 0 aromatic carbocycles. The van der Waals surface area contributed by atoms with Crippen LogP contribution in [0.1, 0.15) is 28.8 Å². The molecule has 66 valence electrons. The first kappa shape index (κ1) is 7.73.